The van der Waals surface area contributed by atoms with E-state index in [1.807, 2.05) is 12.1 Å². The third-order valence-corrected chi connectivity index (χ3v) is 4.48. The lowest BCUT2D eigenvalue weighted by atomic mass is 10.2. The van der Waals surface area contributed by atoms with Gasteiger partial charge in [0.2, 0.25) is 0 Å². The van der Waals surface area contributed by atoms with Gasteiger partial charge in [-0.1, -0.05) is 47.7 Å². The van der Waals surface area contributed by atoms with Gasteiger partial charge in [-0.3, -0.25) is 14.5 Å². The van der Waals surface area contributed by atoms with E-state index < -0.39 is 0 Å². The number of thiocarbonyl (C=S) groups is 1. The molecule has 1 fully saturated rings. The Labute approximate surface area is 143 Å². The first kappa shape index (κ1) is 17.0. The Balaban J connectivity index is 2.06. The molecule has 0 spiro atoms. The molecule has 0 N–H and O–H groups in total. The molecule has 1 amide bonds. The average molecular weight is 356 g/mol. The van der Waals surface area contributed by atoms with Gasteiger partial charge in [0.05, 0.1) is 17.9 Å². The number of rotatable bonds is 5. The van der Waals surface area contributed by atoms with Crippen LogP contribution in [0.3, 0.4) is 0 Å². The van der Waals surface area contributed by atoms with Crippen LogP contribution in [0, 0.1) is 0 Å². The van der Waals surface area contributed by atoms with Crippen molar-refractivity contribution in [3.8, 4) is 0 Å². The van der Waals surface area contributed by atoms with Crippen LogP contribution in [-0.2, 0) is 14.3 Å². The van der Waals surface area contributed by atoms with Gasteiger partial charge < -0.3 is 4.74 Å². The standard InChI is InChI=1S/C15H14ClNO3S2/c1-2-20-13(18)6-7-17-14(19)12(22-15(17)21)9-10-4-3-5-11(16)8-10/h3-5,8-9H,2,6-7H2,1H3/b12-9-. The van der Waals surface area contributed by atoms with Gasteiger partial charge in [0, 0.05) is 11.6 Å². The van der Waals surface area contributed by atoms with Crippen LogP contribution in [0.2, 0.25) is 5.02 Å². The highest BCUT2D eigenvalue weighted by Gasteiger charge is 2.32. The van der Waals surface area contributed by atoms with Crippen LogP contribution in [-0.4, -0.2) is 34.2 Å². The van der Waals surface area contributed by atoms with Crippen molar-refractivity contribution in [2.24, 2.45) is 0 Å². The summed E-state index contributed by atoms with van der Waals surface area (Å²) in [6.07, 6.45) is 1.88. The van der Waals surface area contributed by atoms with E-state index in [4.69, 9.17) is 28.6 Å². The summed E-state index contributed by atoms with van der Waals surface area (Å²) in [4.78, 5) is 25.7. The van der Waals surface area contributed by atoms with Gasteiger partial charge in [-0.05, 0) is 30.7 Å². The second kappa shape index (κ2) is 7.76. The third-order valence-electron chi connectivity index (χ3n) is 2.86. The van der Waals surface area contributed by atoms with Gasteiger partial charge >= 0.3 is 5.97 Å². The monoisotopic (exact) mass is 355 g/mol. The number of halogens is 1. The predicted octanol–water partition coefficient (Wildman–Crippen LogP) is 3.49. The zero-order chi connectivity index (χ0) is 16.1. The summed E-state index contributed by atoms with van der Waals surface area (Å²) in [5.41, 5.74) is 0.832. The molecule has 1 heterocycles. The average Bonchev–Trinajstić information content (AvgIpc) is 2.72. The van der Waals surface area contributed by atoms with Crippen LogP contribution in [0.1, 0.15) is 18.9 Å². The topological polar surface area (TPSA) is 46.6 Å². The first-order valence-electron chi connectivity index (χ1n) is 6.68. The summed E-state index contributed by atoms with van der Waals surface area (Å²) in [7, 11) is 0. The fraction of sp³-hybridized carbons (Fsp3) is 0.267. The maximum absolute atomic E-state index is 12.3. The van der Waals surface area contributed by atoms with E-state index in [0.29, 0.717) is 20.9 Å². The van der Waals surface area contributed by atoms with Gasteiger partial charge in [0.15, 0.2) is 0 Å². The second-order valence-electron chi connectivity index (χ2n) is 4.44. The van der Waals surface area contributed by atoms with Crippen molar-refractivity contribution < 1.29 is 14.3 Å². The minimum Gasteiger partial charge on any atom is -0.466 e. The summed E-state index contributed by atoms with van der Waals surface area (Å²) in [6.45, 7) is 2.30. The van der Waals surface area contributed by atoms with E-state index in [1.54, 1.807) is 25.1 Å². The highest BCUT2D eigenvalue weighted by atomic mass is 35.5. The number of carbonyl (C=O) groups is 2. The van der Waals surface area contributed by atoms with Crippen LogP contribution in [0.5, 0.6) is 0 Å². The molecule has 2 rings (SSSR count). The minimum atomic E-state index is -0.338. The van der Waals surface area contributed by atoms with Gasteiger partial charge in [0.25, 0.3) is 5.91 Å². The molecule has 1 saturated heterocycles. The van der Waals surface area contributed by atoms with Crippen LogP contribution in [0.4, 0.5) is 0 Å². The lowest BCUT2D eigenvalue weighted by molar-refractivity contribution is -0.143. The minimum absolute atomic E-state index is 0.130. The van der Waals surface area contributed by atoms with Crippen LogP contribution >= 0.6 is 35.6 Å². The van der Waals surface area contributed by atoms with Crippen LogP contribution in [0.15, 0.2) is 29.2 Å². The number of carbonyl (C=O) groups excluding carboxylic acids is 2. The van der Waals surface area contributed by atoms with Crippen molar-refractivity contribution in [1.29, 1.82) is 0 Å². The molecule has 0 saturated carbocycles. The van der Waals surface area contributed by atoms with E-state index >= 15 is 0 Å². The summed E-state index contributed by atoms with van der Waals surface area (Å²) in [5.74, 6) is -0.533. The number of nitrogens with zero attached hydrogens (tertiary/aromatic N) is 1. The predicted molar refractivity (Wildman–Crippen MR) is 92.6 cm³/mol. The Bertz CT molecular complexity index is 645. The Morgan fingerprint density at radius 2 is 2.27 bits per heavy atom. The van der Waals surface area contributed by atoms with E-state index in [2.05, 4.69) is 0 Å². The van der Waals surface area contributed by atoms with Crippen molar-refractivity contribution in [2.75, 3.05) is 13.2 Å². The molecular formula is C15H14ClNO3S2. The second-order valence-corrected chi connectivity index (χ2v) is 6.56. The third kappa shape index (κ3) is 4.32. The van der Waals surface area contributed by atoms with Crippen molar-refractivity contribution in [3.05, 3.63) is 39.8 Å². The highest BCUT2D eigenvalue weighted by Crippen LogP contribution is 2.32. The Hall–Kier alpha value is -1.37. The number of thioether (sulfide) groups is 1. The Kier molecular flexibility index (Phi) is 5.99. The van der Waals surface area contributed by atoms with E-state index in [-0.39, 0.29) is 24.8 Å². The summed E-state index contributed by atoms with van der Waals surface area (Å²) in [6, 6.07) is 7.21. The van der Waals surface area contributed by atoms with Gasteiger partial charge in [-0.25, -0.2) is 0 Å². The number of hydrogen-bond acceptors (Lipinski definition) is 5. The molecule has 116 valence electrons. The zero-order valence-electron chi connectivity index (χ0n) is 11.9. The van der Waals surface area contributed by atoms with Crippen LogP contribution < -0.4 is 0 Å². The molecule has 0 radical (unpaired) electrons. The van der Waals surface area contributed by atoms with Gasteiger partial charge in [-0.15, -0.1) is 0 Å². The molecule has 0 aliphatic carbocycles. The first-order valence-corrected chi connectivity index (χ1v) is 8.28. The Morgan fingerprint density at radius 3 is 2.95 bits per heavy atom. The lowest BCUT2D eigenvalue weighted by Gasteiger charge is -2.13. The number of hydrogen-bond donors (Lipinski definition) is 0. The lowest BCUT2D eigenvalue weighted by Crippen LogP contribution is -2.30. The van der Waals surface area contributed by atoms with E-state index in [0.717, 1.165) is 5.56 Å². The fourth-order valence-electron chi connectivity index (χ4n) is 1.88. The van der Waals surface area contributed by atoms with Crippen molar-refractivity contribution in [2.45, 2.75) is 13.3 Å². The zero-order valence-corrected chi connectivity index (χ0v) is 14.3. The fourth-order valence-corrected chi connectivity index (χ4v) is 3.38. The SMILES string of the molecule is CCOC(=O)CCN1C(=O)/C(=C/c2cccc(Cl)c2)SC1=S. The Morgan fingerprint density at radius 1 is 1.50 bits per heavy atom. The quantitative estimate of drug-likeness (QED) is 0.459. The van der Waals surface area contributed by atoms with Crippen LogP contribution in [0.25, 0.3) is 6.08 Å². The summed E-state index contributed by atoms with van der Waals surface area (Å²) < 4.78 is 5.30. The molecule has 1 aromatic carbocycles. The molecule has 1 aromatic rings. The number of amides is 1. The maximum atomic E-state index is 12.3. The molecule has 7 heteroatoms. The largest absolute Gasteiger partial charge is 0.466 e. The molecule has 22 heavy (non-hydrogen) atoms. The van der Waals surface area contributed by atoms with Crippen molar-refractivity contribution in [3.63, 3.8) is 0 Å². The maximum Gasteiger partial charge on any atom is 0.307 e. The number of esters is 1. The molecule has 0 bridgehead atoms. The van der Waals surface area contributed by atoms with Gasteiger partial charge in [-0.2, -0.15) is 0 Å². The first-order chi connectivity index (χ1) is 10.5. The summed E-state index contributed by atoms with van der Waals surface area (Å²) in [5, 5.41) is 0.603. The number of benzene rings is 1. The van der Waals surface area contributed by atoms with E-state index in [1.165, 1.54) is 16.7 Å². The van der Waals surface area contributed by atoms with Crippen molar-refractivity contribution >= 4 is 57.9 Å². The highest BCUT2D eigenvalue weighted by molar-refractivity contribution is 8.26. The van der Waals surface area contributed by atoms with Crippen molar-refractivity contribution in [1.82, 2.24) is 4.90 Å². The molecule has 4 nitrogen and oxygen atoms in total. The number of ether oxygens (including phenoxy) is 1. The van der Waals surface area contributed by atoms with Gasteiger partial charge in [0.1, 0.15) is 4.32 Å². The molecule has 0 atom stereocenters. The molecule has 1 aliphatic heterocycles. The van der Waals surface area contributed by atoms with E-state index in [9.17, 15) is 9.59 Å². The molecule has 0 unspecified atom stereocenters. The molecule has 0 aromatic heterocycles. The normalized spacial score (nSPS) is 16.5. The molecule has 1 aliphatic rings. The smallest absolute Gasteiger partial charge is 0.307 e. The summed E-state index contributed by atoms with van der Waals surface area (Å²) >= 11 is 12.4. The molecular weight excluding hydrogens is 342 g/mol.